The molecule has 1 fully saturated rings. The highest BCUT2D eigenvalue weighted by Crippen LogP contribution is 2.25. The van der Waals surface area contributed by atoms with Gasteiger partial charge in [0.05, 0.1) is 13.2 Å². The topological polar surface area (TPSA) is 97.7 Å². The van der Waals surface area contributed by atoms with E-state index in [1.807, 2.05) is 42.5 Å². The van der Waals surface area contributed by atoms with Crippen molar-refractivity contribution in [2.45, 2.75) is 20.0 Å². The Labute approximate surface area is 184 Å². The van der Waals surface area contributed by atoms with Crippen LogP contribution in [-0.4, -0.2) is 39.9 Å². The minimum Gasteiger partial charge on any atom is -0.465 e. The number of carbonyl (C=O) groups is 4. The molecule has 1 aromatic heterocycles. The second-order valence-electron chi connectivity index (χ2n) is 7.23. The van der Waals surface area contributed by atoms with Crippen molar-refractivity contribution in [3.8, 4) is 0 Å². The van der Waals surface area contributed by atoms with E-state index < -0.39 is 23.8 Å². The number of nitrogens with zero attached hydrogens (tertiary/aromatic N) is 2. The van der Waals surface area contributed by atoms with E-state index in [0.29, 0.717) is 5.56 Å². The van der Waals surface area contributed by atoms with Crippen LogP contribution >= 0.6 is 0 Å². The molecular weight excluding hydrogens is 410 g/mol. The third kappa shape index (κ3) is 4.15. The van der Waals surface area contributed by atoms with Crippen LogP contribution in [-0.2, 0) is 32.2 Å². The number of ether oxygens (including phenoxy) is 1. The van der Waals surface area contributed by atoms with Crippen LogP contribution in [0.2, 0.25) is 0 Å². The number of rotatable bonds is 6. The summed E-state index contributed by atoms with van der Waals surface area (Å²) in [5.41, 5.74) is 1.95. The molecule has 0 spiro atoms. The van der Waals surface area contributed by atoms with E-state index in [9.17, 15) is 19.2 Å². The fourth-order valence-electron chi connectivity index (χ4n) is 3.63. The number of benzene rings is 2. The van der Waals surface area contributed by atoms with Crippen molar-refractivity contribution < 1.29 is 23.9 Å². The average Bonchev–Trinajstić information content (AvgIpc) is 3.12. The zero-order chi connectivity index (χ0) is 22.7. The molecule has 0 aliphatic carbocycles. The molecule has 1 N–H and O–H groups in total. The van der Waals surface area contributed by atoms with E-state index in [1.165, 1.54) is 6.08 Å². The zero-order valence-electron chi connectivity index (χ0n) is 17.4. The first-order valence-corrected chi connectivity index (χ1v) is 10.1. The van der Waals surface area contributed by atoms with Crippen LogP contribution in [0, 0.1) is 0 Å². The number of barbiturate groups is 1. The van der Waals surface area contributed by atoms with Crippen molar-refractivity contribution in [1.82, 2.24) is 14.8 Å². The van der Waals surface area contributed by atoms with E-state index in [-0.39, 0.29) is 25.3 Å². The largest absolute Gasteiger partial charge is 0.465 e. The number of aromatic nitrogens is 1. The van der Waals surface area contributed by atoms with Crippen molar-refractivity contribution in [1.29, 1.82) is 0 Å². The van der Waals surface area contributed by atoms with Crippen molar-refractivity contribution >= 4 is 40.8 Å². The molecule has 8 nitrogen and oxygen atoms in total. The molecule has 2 heterocycles. The maximum atomic E-state index is 13.1. The maximum Gasteiger partial charge on any atom is 0.331 e. The van der Waals surface area contributed by atoms with Gasteiger partial charge in [-0.1, -0.05) is 48.5 Å². The number of nitrogens with one attached hydrogen (secondary N) is 1. The number of urea groups is 1. The zero-order valence-corrected chi connectivity index (χ0v) is 17.4. The third-order valence-corrected chi connectivity index (χ3v) is 5.09. The Morgan fingerprint density at radius 1 is 1.03 bits per heavy atom. The summed E-state index contributed by atoms with van der Waals surface area (Å²) >= 11 is 0. The summed E-state index contributed by atoms with van der Waals surface area (Å²) in [6, 6.07) is 15.6. The Kier molecular flexibility index (Phi) is 5.85. The molecule has 0 bridgehead atoms. The lowest BCUT2D eigenvalue weighted by atomic mass is 10.1. The summed E-state index contributed by atoms with van der Waals surface area (Å²) in [5.74, 6) is -1.82. The highest BCUT2D eigenvalue weighted by molar-refractivity contribution is 6.31. The Balaban J connectivity index is 1.70. The summed E-state index contributed by atoms with van der Waals surface area (Å²) in [6.45, 7) is 2.04. The molecule has 3 aromatic rings. The third-order valence-electron chi connectivity index (χ3n) is 5.09. The van der Waals surface area contributed by atoms with E-state index >= 15 is 0 Å². The SMILES string of the molecule is CCOC(=O)Cn1cc(/C=C2\C(=O)NC(=O)N(Cc3ccccc3)C2=O)c2ccccc21. The molecule has 1 saturated heterocycles. The monoisotopic (exact) mass is 431 g/mol. The standard InChI is InChI=1S/C24H21N3O5/c1-2-32-21(28)15-26-14-17(18-10-6-7-11-20(18)26)12-19-22(29)25-24(31)27(23(19)30)13-16-8-4-3-5-9-16/h3-12,14H,2,13,15H2,1H3,(H,25,29,31)/b19-12+. The van der Waals surface area contributed by atoms with Crippen LogP contribution in [0.15, 0.2) is 66.4 Å². The minimum atomic E-state index is -0.759. The number of amides is 4. The van der Waals surface area contributed by atoms with Crippen molar-refractivity contribution in [2.24, 2.45) is 0 Å². The van der Waals surface area contributed by atoms with Crippen molar-refractivity contribution in [3.63, 3.8) is 0 Å². The number of esters is 1. The van der Waals surface area contributed by atoms with Gasteiger partial charge in [0.25, 0.3) is 11.8 Å². The minimum absolute atomic E-state index is 0.00368. The normalized spacial score (nSPS) is 15.3. The van der Waals surface area contributed by atoms with Gasteiger partial charge in [-0.15, -0.1) is 0 Å². The first-order chi connectivity index (χ1) is 15.5. The number of hydrogen-bond acceptors (Lipinski definition) is 5. The van der Waals surface area contributed by atoms with Crippen LogP contribution in [0.3, 0.4) is 0 Å². The molecule has 32 heavy (non-hydrogen) atoms. The van der Waals surface area contributed by atoms with Gasteiger partial charge in [-0.05, 0) is 24.6 Å². The first-order valence-electron chi connectivity index (χ1n) is 10.1. The molecular formula is C24H21N3O5. The van der Waals surface area contributed by atoms with Gasteiger partial charge < -0.3 is 9.30 Å². The smallest absolute Gasteiger partial charge is 0.331 e. The Hall–Kier alpha value is -4.20. The second kappa shape index (κ2) is 8.89. The number of imide groups is 2. The lowest BCUT2D eigenvalue weighted by Crippen LogP contribution is -2.53. The van der Waals surface area contributed by atoms with Crippen LogP contribution < -0.4 is 5.32 Å². The quantitative estimate of drug-likeness (QED) is 0.368. The van der Waals surface area contributed by atoms with E-state index in [4.69, 9.17) is 4.74 Å². The second-order valence-corrected chi connectivity index (χ2v) is 7.23. The Morgan fingerprint density at radius 2 is 1.75 bits per heavy atom. The molecule has 4 amide bonds. The van der Waals surface area contributed by atoms with E-state index in [2.05, 4.69) is 5.32 Å². The predicted octanol–water partition coefficient (Wildman–Crippen LogP) is 2.87. The molecule has 0 atom stereocenters. The van der Waals surface area contributed by atoms with Crippen LogP contribution in [0.25, 0.3) is 17.0 Å². The fourth-order valence-corrected chi connectivity index (χ4v) is 3.63. The summed E-state index contributed by atoms with van der Waals surface area (Å²) in [7, 11) is 0. The molecule has 0 saturated carbocycles. The summed E-state index contributed by atoms with van der Waals surface area (Å²) in [5, 5.41) is 2.99. The van der Waals surface area contributed by atoms with Gasteiger partial charge >= 0.3 is 12.0 Å². The molecule has 162 valence electrons. The van der Waals surface area contributed by atoms with Crippen molar-refractivity contribution in [2.75, 3.05) is 6.61 Å². The molecule has 1 aliphatic rings. The summed E-state index contributed by atoms with van der Waals surface area (Å²) < 4.78 is 6.74. The van der Waals surface area contributed by atoms with Crippen LogP contribution in [0.1, 0.15) is 18.1 Å². The van der Waals surface area contributed by atoms with Gasteiger partial charge in [0, 0.05) is 22.7 Å². The Bertz CT molecular complexity index is 1240. The first kappa shape index (κ1) is 21.0. The van der Waals surface area contributed by atoms with E-state index in [1.54, 1.807) is 29.8 Å². The van der Waals surface area contributed by atoms with Gasteiger partial charge in [-0.2, -0.15) is 0 Å². The number of para-hydroxylation sites is 1. The highest BCUT2D eigenvalue weighted by Gasteiger charge is 2.35. The molecule has 1 aliphatic heterocycles. The number of carbonyl (C=O) groups excluding carboxylic acids is 4. The lowest BCUT2D eigenvalue weighted by Gasteiger charge is -2.26. The molecule has 8 heteroatoms. The number of hydrogen-bond donors (Lipinski definition) is 1. The van der Waals surface area contributed by atoms with E-state index in [0.717, 1.165) is 21.4 Å². The van der Waals surface area contributed by atoms with Gasteiger partial charge in [0.2, 0.25) is 0 Å². The van der Waals surface area contributed by atoms with Gasteiger partial charge in [0.15, 0.2) is 0 Å². The van der Waals surface area contributed by atoms with Gasteiger partial charge in [-0.25, -0.2) is 4.79 Å². The lowest BCUT2D eigenvalue weighted by molar-refractivity contribution is -0.143. The maximum absolute atomic E-state index is 13.1. The molecule has 4 rings (SSSR count). The van der Waals surface area contributed by atoms with Crippen molar-refractivity contribution in [3.05, 3.63) is 77.5 Å². The van der Waals surface area contributed by atoms with Gasteiger partial charge in [0.1, 0.15) is 12.1 Å². The molecule has 2 aromatic carbocycles. The molecule has 0 unspecified atom stereocenters. The average molecular weight is 431 g/mol. The highest BCUT2D eigenvalue weighted by atomic mass is 16.5. The van der Waals surface area contributed by atoms with Crippen LogP contribution in [0.5, 0.6) is 0 Å². The summed E-state index contributed by atoms with van der Waals surface area (Å²) in [4.78, 5) is 50.8. The van der Waals surface area contributed by atoms with Gasteiger partial charge in [-0.3, -0.25) is 24.6 Å². The Morgan fingerprint density at radius 3 is 2.50 bits per heavy atom. The predicted molar refractivity (Wildman–Crippen MR) is 117 cm³/mol. The molecule has 0 radical (unpaired) electrons. The van der Waals surface area contributed by atoms with Crippen LogP contribution in [0.4, 0.5) is 4.79 Å². The number of fused-ring (bicyclic) bond motifs is 1. The summed E-state index contributed by atoms with van der Waals surface area (Å²) in [6.07, 6.45) is 3.14. The fraction of sp³-hybridized carbons (Fsp3) is 0.167.